The molecule has 4 heteroatoms. The molecule has 0 radical (unpaired) electrons. The molecule has 16 heavy (non-hydrogen) atoms. The summed E-state index contributed by atoms with van der Waals surface area (Å²) >= 11 is 0. The number of ether oxygens (including phenoxy) is 1. The smallest absolute Gasteiger partial charge is 0.316 e. The molecule has 1 saturated carbocycles. The largest absolute Gasteiger partial charge is 0.467 e. The Morgan fingerprint density at radius 1 is 1.38 bits per heavy atom. The Morgan fingerprint density at radius 2 is 2.12 bits per heavy atom. The molecule has 4 nitrogen and oxygen atoms in total. The molecule has 1 aliphatic rings. The molecule has 1 aromatic heterocycles. The number of hydrogen-bond donors (Lipinski definition) is 1. The second-order valence-electron chi connectivity index (χ2n) is 4.29. The van der Waals surface area contributed by atoms with Crippen molar-refractivity contribution >= 4 is 0 Å². The molecule has 1 aliphatic carbocycles. The average Bonchev–Trinajstić information content (AvgIpc) is 2.82. The Hall–Kier alpha value is -1.16. The van der Waals surface area contributed by atoms with Crippen LogP contribution in [0.25, 0.3) is 0 Å². The first kappa shape index (κ1) is 11.3. The first-order chi connectivity index (χ1) is 7.83. The molecule has 0 atom stereocenters. The van der Waals surface area contributed by atoms with Gasteiger partial charge >= 0.3 is 6.01 Å². The van der Waals surface area contributed by atoms with Gasteiger partial charge in [0.1, 0.15) is 0 Å². The van der Waals surface area contributed by atoms with Crippen LogP contribution in [0.2, 0.25) is 0 Å². The predicted octanol–water partition coefficient (Wildman–Crippen LogP) is 1.64. The standard InChI is InChI=1S/C12H19N3O/c1-16-12-14-10(6-7-13)8-11(15-12)9-4-2-3-5-9/h8-9H,2-7,13H2,1H3. The van der Waals surface area contributed by atoms with Crippen LogP contribution in [0.15, 0.2) is 6.07 Å². The van der Waals surface area contributed by atoms with Gasteiger partial charge in [-0.15, -0.1) is 0 Å². The van der Waals surface area contributed by atoms with E-state index < -0.39 is 0 Å². The maximum absolute atomic E-state index is 5.55. The zero-order valence-corrected chi connectivity index (χ0v) is 9.78. The fraction of sp³-hybridized carbons (Fsp3) is 0.667. The topological polar surface area (TPSA) is 61.0 Å². The lowest BCUT2D eigenvalue weighted by molar-refractivity contribution is 0.374. The van der Waals surface area contributed by atoms with Crippen molar-refractivity contribution in [2.45, 2.75) is 38.0 Å². The van der Waals surface area contributed by atoms with E-state index in [1.807, 2.05) is 0 Å². The molecule has 1 aromatic rings. The highest BCUT2D eigenvalue weighted by Gasteiger charge is 2.19. The molecule has 0 aromatic carbocycles. The van der Waals surface area contributed by atoms with E-state index in [1.54, 1.807) is 7.11 Å². The van der Waals surface area contributed by atoms with Crippen LogP contribution in [0, 0.1) is 0 Å². The highest BCUT2D eigenvalue weighted by atomic mass is 16.5. The van der Waals surface area contributed by atoms with Gasteiger partial charge in [-0.1, -0.05) is 12.8 Å². The lowest BCUT2D eigenvalue weighted by Crippen LogP contribution is -2.08. The predicted molar refractivity (Wildman–Crippen MR) is 62.6 cm³/mol. The van der Waals surface area contributed by atoms with Gasteiger partial charge in [0.15, 0.2) is 0 Å². The summed E-state index contributed by atoms with van der Waals surface area (Å²) in [5.74, 6) is 0.591. The van der Waals surface area contributed by atoms with E-state index in [9.17, 15) is 0 Å². The Kier molecular flexibility index (Phi) is 3.72. The minimum atomic E-state index is 0.479. The van der Waals surface area contributed by atoms with Crippen LogP contribution in [-0.4, -0.2) is 23.6 Å². The molecule has 0 saturated heterocycles. The van der Waals surface area contributed by atoms with E-state index in [0.29, 0.717) is 18.5 Å². The Labute approximate surface area is 96.2 Å². The van der Waals surface area contributed by atoms with E-state index >= 15 is 0 Å². The van der Waals surface area contributed by atoms with E-state index in [4.69, 9.17) is 10.5 Å². The second kappa shape index (κ2) is 5.25. The number of hydrogen-bond acceptors (Lipinski definition) is 4. The van der Waals surface area contributed by atoms with Crippen LogP contribution in [-0.2, 0) is 6.42 Å². The lowest BCUT2D eigenvalue weighted by Gasteiger charge is -2.11. The van der Waals surface area contributed by atoms with Gasteiger partial charge in [0.05, 0.1) is 12.8 Å². The number of nitrogens with two attached hydrogens (primary N) is 1. The fourth-order valence-corrected chi connectivity index (χ4v) is 2.29. The molecule has 0 spiro atoms. The molecule has 0 aliphatic heterocycles. The average molecular weight is 221 g/mol. The van der Waals surface area contributed by atoms with Gasteiger partial charge in [-0.2, -0.15) is 4.98 Å². The first-order valence-electron chi connectivity index (χ1n) is 5.95. The third-order valence-corrected chi connectivity index (χ3v) is 3.13. The Bertz CT molecular complexity index is 348. The number of nitrogens with zero attached hydrogens (tertiary/aromatic N) is 2. The SMILES string of the molecule is COc1nc(CCN)cc(C2CCCC2)n1. The summed E-state index contributed by atoms with van der Waals surface area (Å²) in [6.07, 6.45) is 5.88. The van der Waals surface area contributed by atoms with E-state index in [-0.39, 0.29) is 0 Å². The summed E-state index contributed by atoms with van der Waals surface area (Å²) in [7, 11) is 1.61. The number of methoxy groups -OCH3 is 1. The fourth-order valence-electron chi connectivity index (χ4n) is 2.29. The molecular formula is C12H19N3O. The van der Waals surface area contributed by atoms with Gasteiger partial charge in [-0.05, 0) is 25.5 Å². The highest BCUT2D eigenvalue weighted by molar-refractivity contribution is 5.18. The van der Waals surface area contributed by atoms with Crippen LogP contribution in [0.4, 0.5) is 0 Å². The molecule has 0 amide bonds. The minimum Gasteiger partial charge on any atom is -0.467 e. The first-order valence-corrected chi connectivity index (χ1v) is 5.95. The zero-order valence-electron chi connectivity index (χ0n) is 9.78. The summed E-state index contributed by atoms with van der Waals surface area (Å²) in [4.78, 5) is 8.74. The quantitative estimate of drug-likeness (QED) is 0.839. The van der Waals surface area contributed by atoms with Crippen LogP contribution < -0.4 is 10.5 Å². The number of aromatic nitrogens is 2. The van der Waals surface area contributed by atoms with Crippen molar-refractivity contribution < 1.29 is 4.74 Å². The molecule has 0 unspecified atom stereocenters. The van der Waals surface area contributed by atoms with Gasteiger partial charge in [-0.25, -0.2) is 4.98 Å². The van der Waals surface area contributed by atoms with Crippen molar-refractivity contribution in [3.8, 4) is 6.01 Å². The van der Waals surface area contributed by atoms with Crippen LogP contribution in [0.1, 0.15) is 43.0 Å². The molecule has 0 bridgehead atoms. The van der Waals surface area contributed by atoms with Crippen molar-refractivity contribution in [1.82, 2.24) is 9.97 Å². The highest BCUT2D eigenvalue weighted by Crippen LogP contribution is 2.33. The molecule has 2 N–H and O–H groups in total. The third kappa shape index (κ3) is 2.50. The summed E-state index contributed by atoms with van der Waals surface area (Å²) in [6.45, 7) is 0.615. The van der Waals surface area contributed by atoms with Crippen LogP contribution in [0.5, 0.6) is 6.01 Å². The molecule has 2 rings (SSSR count). The van der Waals surface area contributed by atoms with E-state index in [0.717, 1.165) is 17.8 Å². The maximum Gasteiger partial charge on any atom is 0.316 e. The summed E-state index contributed by atoms with van der Waals surface area (Å²) < 4.78 is 5.14. The van der Waals surface area contributed by atoms with Crippen molar-refractivity contribution in [3.63, 3.8) is 0 Å². The van der Waals surface area contributed by atoms with Crippen LogP contribution in [0.3, 0.4) is 0 Å². The minimum absolute atomic E-state index is 0.479. The van der Waals surface area contributed by atoms with Crippen LogP contribution >= 0.6 is 0 Å². The zero-order chi connectivity index (χ0) is 11.4. The summed E-state index contributed by atoms with van der Waals surface area (Å²) in [5.41, 5.74) is 7.68. The van der Waals surface area contributed by atoms with Crippen molar-refractivity contribution in [2.24, 2.45) is 5.73 Å². The Balaban J connectivity index is 2.24. The Morgan fingerprint density at radius 3 is 2.75 bits per heavy atom. The van der Waals surface area contributed by atoms with Crippen molar-refractivity contribution in [3.05, 3.63) is 17.5 Å². The van der Waals surface area contributed by atoms with E-state index in [2.05, 4.69) is 16.0 Å². The van der Waals surface area contributed by atoms with Crippen molar-refractivity contribution in [2.75, 3.05) is 13.7 Å². The monoisotopic (exact) mass is 221 g/mol. The van der Waals surface area contributed by atoms with Gasteiger partial charge < -0.3 is 10.5 Å². The molecule has 1 heterocycles. The molecule has 88 valence electrons. The van der Waals surface area contributed by atoms with Gasteiger partial charge in [0.25, 0.3) is 0 Å². The second-order valence-corrected chi connectivity index (χ2v) is 4.29. The number of rotatable bonds is 4. The summed E-state index contributed by atoms with van der Waals surface area (Å²) in [5, 5.41) is 0. The summed E-state index contributed by atoms with van der Waals surface area (Å²) in [6, 6.07) is 2.57. The normalized spacial score (nSPS) is 16.6. The third-order valence-electron chi connectivity index (χ3n) is 3.13. The lowest BCUT2D eigenvalue weighted by atomic mass is 10.0. The van der Waals surface area contributed by atoms with E-state index in [1.165, 1.54) is 25.7 Å². The van der Waals surface area contributed by atoms with Gasteiger partial charge in [0.2, 0.25) is 0 Å². The molecular weight excluding hydrogens is 202 g/mol. The van der Waals surface area contributed by atoms with Gasteiger partial charge in [0, 0.05) is 18.0 Å². The molecule has 1 fully saturated rings. The maximum atomic E-state index is 5.55. The van der Waals surface area contributed by atoms with Crippen molar-refractivity contribution in [1.29, 1.82) is 0 Å². The van der Waals surface area contributed by atoms with Gasteiger partial charge in [-0.3, -0.25) is 0 Å².